The zero-order chi connectivity index (χ0) is 18.0. The summed E-state index contributed by atoms with van der Waals surface area (Å²) in [5.74, 6) is -0.0459. The van der Waals surface area contributed by atoms with Crippen molar-refractivity contribution in [3.05, 3.63) is 28.8 Å². The lowest BCUT2D eigenvalue weighted by molar-refractivity contribution is 0.0707. The van der Waals surface area contributed by atoms with Crippen LogP contribution in [0, 0.1) is 17.2 Å². The van der Waals surface area contributed by atoms with Crippen LogP contribution in [0.3, 0.4) is 0 Å². The van der Waals surface area contributed by atoms with E-state index in [0.717, 1.165) is 6.42 Å². The number of carbonyl (C=O) groups excluding carboxylic acids is 1. The van der Waals surface area contributed by atoms with Crippen LogP contribution in [0.25, 0.3) is 0 Å². The first-order valence-electron chi connectivity index (χ1n) is 8.41. The number of hydrogen-bond donors (Lipinski definition) is 0. The van der Waals surface area contributed by atoms with Crippen LogP contribution in [-0.2, 0) is 10.0 Å². The first kappa shape index (κ1) is 18.0. The van der Waals surface area contributed by atoms with Crippen LogP contribution in [0.1, 0.15) is 36.0 Å². The van der Waals surface area contributed by atoms with Crippen LogP contribution in [0.4, 0.5) is 5.69 Å². The molecule has 2 heterocycles. The van der Waals surface area contributed by atoms with Gasteiger partial charge in [0.15, 0.2) is 0 Å². The Morgan fingerprint density at radius 3 is 2.56 bits per heavy atom. The van der Waals surface area contributed by atoms with Crippen LogP contribution in [0.15, 0.2) is 18.2 Å². The summed E-state index contributed by atoms with van der Waals surface area (Å²) in [6, 6.07) is 7.02. The highest BCUT2D eigenvalue weighted by atomic mass is 35.5. The first-order chi connectivity index (χ1) is 11.9. The Hall–Kier alpha value is -1.78. The normalized spacial score (nSPS) is 21.0. The van der Waals surface area contributed by atoms with Crippen LogP contribution >= 0.6 is 11.6 Å². The summed E-state index contributed by atoms with van der Waals surface area (Å²) in [5, 5.41) is 9.29. The molecule has 3 rings (SSSR count). The molecule has 134 valence electrons. The number of likely N-dealkylation sites (tertiary alicyclic amines) is 1. The number of nitrogens with zero attached hydrogens (tertiary/aromatic N) is 3. The van der Waals surface area contributed by atoms with Crippen molar-refractivity contribution in [2.75, 3.05) is 29.7 Å². The van der Waals surface area contributed by atoms with Gasteiger partial charge in [0.05, 0.1) is 22.5 Å². The average Bonchev–Trinajstić information content (AvgIpc) is 2.62. The fraction of sp³-hybridized carbons (Fsp3) is 0.529. The Morgan fingerprint density at radius 1 is 1.20 bits per heavy atom. The molecule has 0 aliphatic carbocycles. The zero-order valence-electron chi connectivity index (χ0n) is 13.8. The fourth-order valence-electron chi connectivity index (χ4n) is 3.29. The second kappa shape index (κ2) is 7.22. The first-order valence-corrected chi connectivity index (χ1v) is 10.4. The minimum absolute atomic E-state index is 0.00308. The Bertz CT molecular complexity index is 811. The highest BCUT2D eigenvalue weighted by molar-refractivity contribution is 7.92. The highest BCUT2D eigenvalue weighted by Crippen LogP contribution is 2.32. The van der Waals surface area contributed by atoms with Gasteiger partial charge in [0, 0.05) is 31.1 Å². The monoisotopic (exact) mass is 381 g/mol. The molecule has 1 aromatic rings. The van der Waals surface area contributed by atoms with Gasteiger partial charge in [0.2, 0.25) is 10.0 Å². The van der Waals surface area contributed by atoms with Crippen molar-refractivity contribution in [2.45, 2.75) is 25.7 Å². The molecule has 0 N–H and O–H groups in total. The van der Waals surface area contributed by atoms with Gasteiger partial charge >= 0.3 is 0 Å². The Morgan fingerprint density at radius 2 is 1.92 bits per heavy atom. The molecule has 1 aromatic carbocycles. The van der Waals surface area contributed by atoms with E-state index in [2.05, 4.69) is 6.07 Å². The van der Waals surface area contributed by atoms with E-state index in [1.165, 1.54) is 4.31 Å². The fourth-order valence-corrected chi connectivity index (χ4v) is 5.21. The van der Waals surface area contributed by atoms with Gasteiger partial charge in [-0.05, 0) is 43.9 Å². The summed E-state index contributed by atoms with van der Waals surface area (Å²) < 4.78 is 26.0. The van der Waals surface area contributed by atoms with Crippen molar-refractivity contribution >= 4 is 33.2 Å². The minimum Gasteiger partial charge on any atom is -0.339 e. The number of hydrogen-bond acceptors (Lipinski definition) is 4. The second-order valence-corrected chi connectivity index (χ2v) is 8.88. The number of carbonyl (C=O) groups is 1. The Labute approximate surface area is 153 Å². The van der Waals surface area contributed by atoms with E-state index in [1.54, 1.807) is 23.1 Å². The molecule has 2 aliphatic heterocycles. The number of benzene rings is 1. The van der Waals surface area contributed by atoms with Gasteiger partial charge in [-0.1, -0.05) is 11.6 Å². The molecule has 0 radical (unpaired) electrons. The van der Waals surface area contributed by atoms with Gasteiger partial charge in [-0.15, -0.1) is 0 Å². The predicted molar refractivity (Wildman–Crippen MR) is 96.1 cm³/mol. The van der Waals surface area contributed by atoms with Crippen LogP contribution in [0.2, 0.25) is 5.02 Å². The smallest absolute Gasteiger partial charge is 0.253 e. The topological polar surface area (TPSA) is 81.5 Å². The van der Waals surface area contributed by atoms with E-state index in [9.17, 15) is 13.2 Å². The van der Waals surface area contributed by atoms with Crippen molar-refractivity contribution in [3.63, 3.8) is 0 Å². The molecule has 0 unspecified atom stereocenters. The van der Waals surface area contributed by atoms with Crippen molar-refractivity contribution in [3.8, 4) is 6.07 Å². The van der Waals surface area contributed by atoms with Gasteiger partial charge < -0.3 is 4.90 Å². The van der Waals surface area contributed by atoms with Gasteiger partial charge in [-0.2, -0.15) is 5.26 Å². The van der Waals surface area contributed by atoms with Crippen molar-refractivity contribution in [2.24, 2.45) is 5.92 Å². The third-order valence-electron chi connectivity index (χ3n) is 4.78. The summed E-state index contributed by atoms with van der Waals surface area (Å²) >= 11 is 6.22. The highest BCUT2D eigenvalue weighted by Gasteiger charge is 2.29. The van der Waals surface area contributed by atoms with Crippen LogP contribution < -0.4 is 4.31 Å². The van der Waals surface area contributed by atoms with Gasteiger partial charge in [-0.3, -0.25) is 9.10 Å². The van der Waals surface area contributed by atoms with E-state index < -0.39 is 10.0 Å². The number of nitriles is 1. The molecule has 0 atom stereocenters. The van der Waals surface area contributed by atoms with Crippen LogP contribution in [0.5, 0.6) is 0 Å². The van der Waals surface area contributed by atoms with Gasteiger partial charge in [-0.25, -0.2) is 8.42 Å². The number of halogens is 1. The number of sulfonamides is 1. The van der Waals surface area contributed by atoms with E-state index in [1.807, 2.05) is 0 Å². The summed E-state index contributed by atoms with van der Waals surface area (Å²) in [6.45, 7) is 1.46. The summed E-state index contributed by atoms with van der Waals surface area (Å²) in [5.41, 5.74) is 0.801. The quantitative estimate of drug-likeness (QED) is 0.788. The molecule has 1 amide bonds. The molecule has 2 fully saturated rings. The maximum atomic E-state index is 12.7. The molecule has 8 heteroatoms. The summed E-state index contributed by atoms with van der Waals surface area (Å²) in [6.07, 6.45) is 2.75. The van der Waals surface area contributed by atoms with Crippen molar-refractivity contribution in [1.82, 2.24) is 4.90 Å². The number of amides is 1. The molecule has 25 heavy (non-hydrogen) atoms. The standard InChI is InChI=1S/C17H20ClN3O3S/c18-15-4-3-14(17(22)20-8-5-13(12-19)6-9-20)11-16(15)21-7-1-2-10-25(21,23)24/h3-4,11,13H,1-2,5-10H2. The maximum Gasteiger partial charge on any atom is 0.253 e. The van der Waals surface area contributed by atoms with Crippen molar-refractivity contribution in [1.29, 1.82) is 5.26 Å². The second-order valence-electron chi connectivity index (χ2n) is 6.46. The molecule has 0 bridgehead atoms. The van der Waals surface area contributed by atoms with E-state index >= 15 is 0 Å². The maximum absolute atomic E-state index is 12.7. The molecular weight excluding hydrogens is 362 g/mol. The minimum atomic E-state index is -3.39. The third kappa shape index (κ3) is 3.75. The van der Waals surface area contributed by atoms with E-state index in [-0.39, 0.29) is 17.6 Å². The molecule has 0 saturated carbocycles. The Balaban J connectivity index is 1.84. The number of piperidine rings is 1. The zero-order valence-corrected chi connectivity index (χ0v) is 15.4. The number of rotatable bonds is 2. The molecule has 6 nitrogen and oxygen atoms in total. The Kier molecular flexibility index (Phi) is 5.21. The van der Waals surface area contributed by atoms with Crippen LogP contribution in [-0.4, -0.2) is 44.6 Å². The molecule has 0 aromatic heterocycles. The SMILES string of the molecule is N#CC1CCN(C(=O)c2ccc(Cl)c(N3CCCCS3(=O)=O)c2)CC1. The number of anilines is 1. The summed E-state index contributed by atoms with van der Waals surface area (Å²) in [4.78, 5) is 14.4. The lowest BCUT2D eigenvalue weighted by atomic mass is 9.98. The van der Waals surface area contributed by atoms with Crippen molar-refractivity contribution < 1.29 is 13.2 Å². The average molecular weight is 382 g/mol. The molecule has 0 spiro atoms. The lowest BCUT2D eigenvalue weighted by Crippen LogP contribution is -2.39. The molecule has 2 aliphatic rings. The third-order valence-corrected chi connectivity index (χ3v) is 6.95. The largest absolute Gasteiger partial charge is 0.339 e. The predicted octanol–water partition coefficient (Wildman–Crippen LogP) is 2.65. The molecular formula is C17H20ClN3O3S. The van der Waals surface area contributed by atoms with E-state index in [0.29, 0.717) is 55.2 Å². The summed E-state index contributed by atoms with van der Waals surface area (Å²) in [7, 11) is -3.39. The lowest BCUT2D eigenvalue weighted by Gasteiger charge is -2.31. The van der Waals surface area contributed by atoms with Gasteiger partial charge in [0.1, 0.15) is 0 Å². The van der Waals surface area contributed by atoms with Gasteiger partial charge in [0.25, 0.3) is 5.91 Å². The molecule has 2 saturated heterocycles. The van der Waals surface area contributed by atoms with E-state index in [4.69, 9.17) is 16.9 Å².